The number of nitrogens with zero attached hydrogens (tertiary/aromatic N) is 3. The maximum atomic E-state index is 4.63. The van der Waals surface area contributed by atoms with E-state index in [2.05, 4.69) is 48.6 Å². The number of hydrogen-bond donors (Lipinski definition) is 0. The van der Waals surface area contributed by atoms with Gasteiger partial charge in [-0.2, -0.15) is 0 Å². The summed E-state index contributed by atoms with van der Waals surface area (Å²) in [5.41, 5.74) is 2.18. The summed E-state index contributed by atoms with van der Waals surface area (Å²) < 4.78 is 0.817. The molecular weight excluding hydrogens is 330 g/mol. The zero-order valence-electron chi connectivity index (χ0n) is 9.21. The third kappa shape index (κ3) is 2.66. The Morgan fingerprint density at radius 2 is 1.89 bits per heavy atom. The summed E-state index contributed by atoms with van der Waals surface area (Å²) >= 11 is 6.53. The molecule has 3 nitrogen and oxygen atoms in total. The van der Waals surface area contributed by atoms with E-state index in [9.17, 15) is 0 Å². The Hall–Kier alpha value is -1.11. The summed E-state index contributed by atoms with van der Waals surface area (Å²) in [4.78, 5) is 4.63. The molecule has 0 saturated carbocycles. The zero-order valence-corrected chi connectivity index (χ0v) is 12.4. The van der Waals surface area contributed by atoms with Crippen LogP contribution in [0.2, 0.25) is 0 Å². The Morgan fingerprint density at radius 3 is 2.61 bits per heavy atom. The molecule has 1 aromatic carbocycles. The van der Waals surface area contributed by atoms with Crippen LogP contribution in [0.15, 0.2) is 39.6 Å². The number of hydrogen-bond acceptors (Lipinski definition) is 5. The first-order valence-corrected chi connectivity index (χ1v) is 7.78. The average Bonchev–Trinajstić information content (AvgIpc) is 3.01. The summed E-state index contributed by atoms with van der Waals surface area (Å²) in [6.45, 7) is 0. The van der Waals surface area contributed by atoms with Crippen molar-refractivity contribution < 1.29 is 0 Å². The van der Waals surface area contributed by atoms with Gasteiger partial charge in [-0.15, -0.1) is 21.5 Å². The number of halogens is 1. The molecule has 0 aliphatic carbocycles. The van der Waals surface area contributed by atoms with Crippen molar-refractivity contribution >= 4 is 38.6 Å². The van der Waals surface area contributed by atoms with Crippen molar-refractivity contribution in [2.45, 2.75) is 6.42 Å². The van der Waals surface area contributed by atoms with Crippen LogP contribution < -0.4 is 0 Å². The minimum Gasteiger partial charge on any atom is -0.241 e. The van der Waals surface area contributed by atoms with Crippen LogP contribution in [0.3, 0.4) is 0 Å². The molecule has 2 heterocycles. The van der Waals surface area contributed by atoms with Crippen LogP contribution in [-0.4, -0.2) is 15.2 Å². The van der Waals surface area contributed by atoms with Gasteiger partial charge < -0.3 is 0 Å². The molecule has 0 fully saturated rings. The van der Waals surface area contributed by atoms with Crippen LogP contribution in [0.5, 0.6) is 0 Å². The quantitative estimate of drug-likeness (QED) is 0.724. The lowest BCUT2D eigenvalue weighted by Gasteiger charge is -1.94. The third-order valence-corrected chi connectivity index (χ3v) is 4.57. The van der Waals surface area contributed by atoms with Gasteiger partial charge in [0.25, 0.3) is 0 Å². The summed E-state index contributed by atoms with van der Waals surface area (Å²) in [6.07, 6.45) is 0.751. The lowest BCUT2D eigenvalue weighted by molar-refractivity contribution is 0.986. The maximum absolute atomic E-state index is 4.63. The highest BCUT2D eigenvalue weighted by molar-refractivity contribution is 9.11. The predicted molar refractivity (Wildman–Crippen MR) is 78.0 cm³/mol. The van der Waals surface area contributed by atoms with Crippen LogP contribution in [0.25, 0.3) is 11.3 Å². The van der Waals surface area contributed by atoms with Gasteiger partial charge in [-0.3, -0.25) is 0 Å². The van der Waals surface area contributed by atoms with Crippen molar-refractivity contribution in [3.8, 4) is 11.3 Å². The molecule has 0 unspecified atom stereocenters. The minimum absolute atomic E-state index is 0.751. The fourth-order valence-corrected chi connectivity index (χ4v) is 3.67. The summed E-state index contributed by atoms with van der Waals surface area (Å²) in [5, 5.41) is 12.2. The molecule has 0 spiro atoms. The molecule has 3 rings (SSSR count). The molecular formula is C12H8BrN3S2. The predicted octanol–water partition coefficient (Wildman–Crippen LogP) is 4.01. The number of thiazole rings is 1. The number of aromatic nitrogens is 3. The Balaban J connectivity index is 1.82. The van der Waals surface area contributed by atoms with Crippen LogP contribution >= 0.6 is 38.6 Å². The fourth-order valence-electron chi connectivity index (χ4n) is 1.57. The van der Waals surface area contributed by atoms with Gasteiger partial charge >= 0.3 is 0 Å². The molecule has 0 aliphatic rings. The van der Waals surface area contributed by atoms with Crippen molar-refractivity contribution in [1.29, 1.82) is 0 Å². The van der Waals surface area contributed by atoms with E-state index in [0.717, 1.165) is 31.6 Å². The van der Waals surface area contributed by atoms with E-state index in [4.69, 9.17) is 0 Å². The van der Waals surface area contributed by atoms with Crippen LogP contribution in [0.4, 0.5) is 0 Å². The van der Waals surface area contributed by atoms with E-state index < -0.39 is 0 Å². The lowest BCUT2D eigenvalue weighted by Crippen LogP contribution is -1.86. The van der Waals surface area contributed by atoms with Gasteiger partial charge in [0.05, 0.1) is 12.1 Å². The lowest BCUT2D eigenvalue weighted by atomic mass is 10.2. The van der Waals surface area contributed by atoms with E-state index in [1.165, 1.54) is 0 Å². The highest BCUT2D eigenvalue weighted by Gasteiger charge is 2.08. The molecule has 3 aromatic rings. The second-order valence-electron chi connectivity index (χ2n) is 3.62. The largest absolute Gasteiger partial charge is 0.241 e. The summed E-state index contributed by atoms with van der Waals surface area (Å²) in [6, 6.07) is 10.2. The number of rotatable bonds is 3. The second-order valence-corrected chi connectivity index (χ2v) is 6.90. The van der Waals surface area contributed by atoms with Crippen LogP contribution in [0, 0.1) is 0 Å². The zero-order chi connectivity index (χ0) is 12.4. The molecule has 0 saturated heterocycles. The van der Waals surface area contributed by atoms with E-state index in [-0.39, 0.29) is 0 Å². The monoisotopic (exact) mass is 337 g/mol. The van der Waals surface area contributed by atoms with Gasteiger partial charge in [0.1, 0.15) is 10.0 Å². The first kappa shape index (κ1) is 12.0. The van der Waals surface area contributed by atoms with E-state index in [1.54, 1.807) is 22.7 Å². The van der Waals surface area contributed by atoms with Gasteiger partial charge in [0, 0.05) is 10.9 Å². The Kier molecular flexibility index (Phi) is 3.49. The molecule has 0 radical (unpaired) electrons. The van der Waals surface area contributed by atoms with Crippen LogP contribution in [-0.2, 0) is 6.42 Å². The summed E-state index contributed by atoms with van der Waals surface area (Å²) in [7, 11) is 0. The molecule has 0 N–H and O–H groups in total. The van der Waals surface area contributed by atoms with E-state index in [0.29, 0.717) is 0 Å². The van der Waals surface area contributed by atoms with E-state index in [1.807, 2.05) is 18.2 Å². The number of benzene rings is 1. The molecule has 90 valence electrons. The SMILES string of the molecule is Brc1nnc(Cc2nc(-c3ccccc3)cs2)s1. The molecule has 0 bridgehead atoms. The third-order valence-electron chi connectivity index (χ3n) is 2.37. The van der Waals surface area contributed by atoms with Gasteiger partial charge in [0.2, 0.25) is 0 Å². The minimum atomic E-state index is 0.751. The topological polar surface area (TPSA) is 38.7 Å². The highest BCUT2D eigenvalue weighted by atomic mass is 79.9. The fraction of sp³-hybridized carbons (Fsp3) is 0.0833. The van der Waals surface area contributed by atoms with Crippen molar-refractivity contribution in [2.24, 2.45) is 0 Å². The maximum Gasteiger partial charge on any atom is 0.183 e. The van der Waals surface area contributed by atoms with Crippen molar-refractivity contribution in [2.75, 3.05) is 0 Å². The first-order chi connectivity index (χ1) is 8.81. The molecule has 6 heteroatoms. The first-order valence-electron chi connectivity index (χ1n) is 5.29. The van der Waals surface area contributed by atoms with E-state index >= 15 is 0 Å². The van der Waals surface area contributed by atoms with Crippen molar-refractivity contribution in [3.63, 3.8) is 0 Å². The van der Waals surface area contributed by atoms with Gasteiger partial charge in [0.15, 0.2) is 3.92 Å². The van der Waals surface area contributed by atoms with Crippen molar-refractivity contribution in [3.05, 3.63) is 49.6 Å². The van der Waals surface area contributed by atoms with Gasteiger partial charge in [-0.25, -0.2) is 4.98 Å². The highest BCUT2D eigenvalue weighted by Crippen LogP contribution is 2.24. The van der Waals surface area contributed by atoms with Gasteiger partial charge in [-0.1, -0.05) is 41.7 Å². The average molecular weight is 338 g/mol. The molecule has 0 amide bonds. The Morgan fingerprint density at radius 1 is 1.06 bits per heavy atom. The summed E-state index contributed by atoms with van der Waals surface area (Å²) in [5.74, 6) is 0. The van der Waals surface area contributed by atoms with Crippen molar-refractivity contribution in [1.82, 2.24) is 15.2 Å². The molecule has 0 aliphatic heterocycles. The Labute approximate surface area is 121 Å². The normalized spacial score (nSPS) is 10.7. The molecule has 18 heavy (non-hydrogen) atoms. The smallest absolute Gasteiger partial charge is 0.183 e. The molecule has 0 atom stereocenters. The Bertz CT molecular complexity index is 648. The van der Waals surface area contributed by atoms with Gasteiger partial charge in [-0.05, 0) is 15.9 Å². The molecule has 2 aromatic heterocycles. The second kappa shape index (κ2) is 5.26. The standard InChI is InChI=1S/C12H8BrN3S2/c13-12-16-15-11(18-12)6-10-14-9(7-17-10)8-4-2-1-3-5-8/h1-5,7H,6H2. The van der Waals surface area contributed by atoms with Crippen LogP contribution in [0.1, 0.15) is 10.0 Å².